The van der Waals surface area contributed by atoms with Crippen molar-refractivity contribution in [3.05, 3.63) is 52.5 Å². The molecule has 0 aliphatic heterocycles. The van der Waals surface area contributed by atoms with E-state index in [1.807, 2.05) is 17.5 Å². The summed E-state index contributed by atoms with van der Waals surface area (Å²) in [5, 5.41) is 4.65. The maximum absolute atomic E-state index is 12.9. The Labute approximate surface area is 143 Å². The Morgan fingerprint density at radius 3 is 2.54 bits per heavy atom. The summed E-state index contributed by atoms with van der Waals surface area (Å²) >= 11 is 1.44. The Morgan fingerprint density at radius 2 is 1.96 bits per heavy atom. The van der Waals surface area contributed by atoms with Gasteiger partial charge in [-0.3, -0.25) is 9.59 Å². The van der Waals surface area contributed by atoms with Crippen molar-refractivity contribution in [2.45, 2.75) is 25.5 Å². The molecule has 0 spiro atoms. The van der Waals surface area contributed by atoms with E-state index >= 15 is 0 Å². The quantitative estimate of drug-likeness (QED) is 0.779. The van der Waals surface area contributed by atoms with Crippen molar-refractivity contribution in [2.24, 2.45) is 0 Å². The summed E-state index contributed by atoms with van der Waals surface area (Å²) in [5.41, 5.74) is 0. The van der Waals surface area contributed by atoms with Crippen LogP contribution in [0.4, 0.5) is 4.39 Å². The summed E-state index contributed by atoms with van der Waals surface area (Å²) in [6, 6.07) is 8.61. The summed E-state index contributed by atoms with van der Waals surface area (Å²) in [6.45, 7) is 1.59. The van der Waals surface area contributed by atoms with Gasteiger partial charge in [0.05, 0.1) is 19.6 Å². The lowest BCUT2D eigenvalue weighted by Crippen LogP contribution is -2.39. The number of hydrogen-bond donors (Lipinski definition) is 1. The topological polar surface area (TPSA) is 64.6 Å². The fraction of sp³-hybridized carbons (Fsp3) is 0.294. The molecule has 0 unspecified atom stereocenters. The summed E-state index contributed by atoms with van der Waals surface area (Å²) < 4.78 is 23.1. The van der Waals surface area contributed by atoms with Crippen LogP contribution in [-0.2, 0) is 14.3 Å². The molecular formula is C17H18FNO4S. The van der Waals surface area contributed by atoms with Crippen LogP contribution >= 0.6 is 11.3 Å². The number of benzene rings is 1. The minimum atomic E-state index is -0.796. The van der Waals surface area contributed by atoms with Crippen molar-refractivity contribution < 1.29 is 23.5 Å². The van der Waals surface area contributed by atoms with Crippen LogP contribution in [0.5, 0.6) is 5.75 Å². The molecule has 1 heterocycles. The lowest BCUT2D eigenvalue weighted by molar-refractivity contribution is -0.141. The largest absolute Gasteiger partial charge is 0.481 e. The Hall–Kier alpha value is -2.41. The van der Waals surface area contributed by atoms with Gasteiger partial charge in [-0.15, -0.1) is 11.3 Å². The van der Waals surface area contributed by atoms with Gasteiger partial charge in [0.25, 0.3) is 5.91 Å². The monoisotopic (exact) mass is 351 g/mol. The number of ether oxygens (including phenoxy) is 2. The molecule has 24 heavy (non-hydrogen) atoms. The Morgan fingerprint density at radius 1 is 1.25 bits per heavy atom. The molecule has 0 saturated heterocycles. The average Bonchev–Trinajstić information content (AvgIpc) is 3.10. The van der Waals surface area contributed by atoms with Crippen molar-refractivity contribution in [2.75, 3.05) is 7.11 Å². The van der Waals surface area contributed by atoms with Gasteiger partial charge in [0.1, 0.15) is 11.6 Å². The molecule has 0 fully saturated rings. The molecule has 0 aliphatic carbocycles. The van der Waals surface area contributed by atoms with Gasteiger partial charge in [0.2, 0.25) is 0 Å². The molecule has 0 aliphatic rings. The van der Waals surface area contributed by atoms with Crippen molar-refractivity contribution >= 4 is 23.2 Å². The maximum Gasteiger partial charge on any atom is 0.307 e. The minimum Gasteiger partial charge on any atom is -0.481 e. The Kier molecular flexibility index (Phi) is 6.31. The highest BCUT2D eigenvalue weighted by Crippen LogP contribution is 2.23. The normalized spacial score (nSPS) is 13.0. The molecule has 1 N–H and O–H groups in total. The van der Waals surface area contributed by atoms with Crippen LogP contribution in [0.25, 0.3) is 0 Å². The lowest BCUT2D eigenvalue weighted by atomic mass is 10.1. The van der Waals surface area contributed by atoms with E-state index in [9.17, 15) is 14.0 Å². The molecule has 2 atom stereocenters. The van der Waals surface area contributed by atoms with Crippen molar-refractivity contribution in [3.8, 4) is 5.75 Å². The maximum atomic E-state index is 12.9. The number of carbonyl (C=O) groups is 2. The summed E-state index contributed by atoms with van der Waals surface area (Å²) in [7, 11) is 1.30. The highest BCUT2D eigenvalue weighted by atomic mass is 32.1. The van der Waals surface area contributed by atoms with Gasteiger partial charge in [-0.05, 0) is 42.6 Å². The van der Waals surface area contributed by atoms with Gasteiger partial charge in [0.15, 0.2) is 6.10 Å². The number of nitrogens with one attached hydrogen (secondary N) is 1. The summed E-state index contributed by atoms with van der Waals surface area (Å²) in [4.78, 5) is 24.7. The van der Waals surface area contributed by atoms with Crippen LogP contribution in [0.3, 0.4) is 0 Å². The van der Waals surface area contributed by atoms with E-state index in [-0.39, 0.29) is 18.1 Å². The number of carbonyl (C=O) groups excluding carboxylic acids is 2. The number of rotatable bonds is 7. The third-order valence-electron chi connectivity index (χ3n) is 3.30. The van der Waals surface area contributed by atoms with E-state index in [2.05, 4.69) is 10.1 Å². The molecular weight excluding hydrogens is 333 g/mol. The van der Waals surface area contributed by atoms with Crippen LogP contribution in [-0.4, -0.2) is 25.1 Å². The first-order valence-electron chi connectivity index (χ1n) is 7.32. The second kappa shape index (κ2) is 8.44. The van der Waals surface area contributed by atoms with E-state index in [0.717, 1.165) is 4.88 Å². The van der Waals surface area contributed by atoms with E-state index in [4.69, 9.17) is 4.74 Å². The van der Waals surface area contributed by atoms with Crippen molar-refractivity contribution in [3.63, 3.8) is 0 Å². The zero-order chi connectivity index (χ0) is 17.5. The van der Waals surface area contributed by atoms with Gasteiger partial charge in [-0.1, -0.05) is 6.07 Å². The van der Waals surface area contributed by atoms with Gasteiger partial charge in [0, 0.05) is 4.88 Å². The summed E-state index contributed by atoms with van der Waals surface area (Å²) in [5.74, 6) is -0.780. The predicted molar refractivity (Wildman–Crippen MR) is 88.3 cm³/mol. The molecule has 1 aromatic carbocycles. The highest BCUT2D eigenvalue weighted by Gasteiger charge is 2.23. The molecule has 128 valence electrons. The van der Waals surface area contributed by atoms with E-state index in [1.165, 1.54) is 42.7 Å². The van der Waals surface area contributed by atoms with Gasteiger partial charge in [-0.2, -0.15) is 0 Å². The Bertz CT molecular complexity index is 672. The van der Waals surface area contributed by atoms with E-state index in [1.54, 1.807) is 6.92 Å². The van der Waals surface area contributed by atoms with E-state index in [0.29, 0.717) is 5.75 Å². The molecule has 0 bridgehead atoms. The fourth-order valence-corrected chi connectivity index (χ4v) is 2.80. The van der Waals surface area contributed by atoms with Crippen LogP contribution < -0.4 is 10.1 Å². The average molecular weight is 351 g/mol. The first-order chi connectivity index (χ1) is 11.5. The van der Waals surface area contributed by atoms with Crippen LogP contribution in [0.15, 0.2) is 41.8 Å². The standard InChI is InChI=1S/C17H18FNO4S/c1-11(23-13-7-5-12(18)6-8-13)17(21)19-14(10-16(20)22-2)15-4-3-9-24-15/h3-9,11,14H,10H2,1-2H3,(H,19,21)/t11-,14-/m1/s1. The SMILES string of the molecule is COC(=O)C[C@@H](NC(=O)[C@@H](C)Oc1ccc(F)cc1)c1cccs1. The van der Waals surface area contributed by atoms with Gasteiger partial charge < -0.3 is 14.8 Å². The minimum absolute atomic E-state index is 0.0338. The molecule has 0 saturated carbocycles. The molecule has 2 rings (SSSR count). The molecule has 1 aromatic heterocycles. The van der Waals surface area contributed by atoms with Crippen molar-refractivity contribution in [1.82, 2.24) is 5.32 Å². The Balaban J connectivity index is 2.00. The first-order valence-corrected chi connectivity index (χ1v) is 8.20. The smallest absolute Gasteiger partial charge is 0.307 e. The van der Waals surface area contributed by atoms with Crippen LogP contribution in [0, 0.1) is 5.82 Å². The fourth-order valence-electron chi connectivity index (χ4n) is 2.02. The molecule has 0 radical (unpaired) electrons. The van der Waals surface area contributed by atoms with Crippen LogP contribution in [0.2, 0.25) is 0 Å². The number of amides is 1. The van der Waals surface area contributed by atoms with E-state index < -0.39 is 18.1 Å². The zero-order valence-electron chi connectivity index (χ0n) is 13.3. The second-order valence-electron chi connectivity index (χ2n) is 5.07. The van der Waals surface area contributed by atoms with Crippen molar-refractivity contribution in [1.29, 1.82) is 0 Å². The third kappa shape index (κ3) is 5.06. The van der Waals surface area contributed by atoms with Gasteiger partial charge in [-0.25, -0.2) is 4.39 Å². The highest BCUT2D eigenvalue weighted by molar-refractivity contribution is 7.10. The zero-order valence-corrected chi connectivity index (χ0v) is 14.1. The second-order valence-corrected chi connectivity index (χ2v) is 6.05. The summed E-state index contributed by atoms with van der Waals surface area (Å²) in [6.07, 6.45) is -0.762. The predicted octanol–water partition coefficient (Wildman–Crippen LogP) is 3.08. The molecule has 5 nitrogen and oxygen atoms in total. The third-order valence-corrected chi connectivity index (χ3v) is 4.28. The van der Waals surface area contributed by atoms with Crippen LogP contribution in [0.1, 0.15) is 24.3 Å². The number of esters is 1. The number of methoxy groups -OCH3 is 1. The lowest BCUT2D eigenvalue weighted by Gasteiger charge is -2.20. The molecule has 7 heteroatoms. The molecule has 1 amide bonds. The number of halogens is 1. The molecule has 2 aromatic rings. The first kappa shape index (κ1) is 17.9. The number of thiophene rings is 1. The number of hydrogen-bond acceptors (Lipinski definition) is 5. The van der Waals surface area contributed by atoms with Gasteiger partial charge >= 0.3 is 5.97 Å².